The summed E-state index contributed by atoms with van der Waals surface area (Å²) in [5.41, 5.74) is -2.29. The van der Waals surface area contributed by atoms with E-state index in [2.05, 4.69) is 0 Å². The van der Waals surface area contributed by atoms with Crippen LogP contribution in [0, 0.1) is 5.82 Å². The molecule has 1 aliphatic carbocycles. The number of ether oxygens (including phenoxy) is 3. The predicted octanol–water partition coefficient (Wildman–Crippen LogP) is 4.73. The molecular weight excluding hydrogens is 435 g/mol. The number of rotatable bonds is 4. The van der Waals surface area contributed by atoms with Crippen LogP contribution in [0.1, 0.15) is 29.0 Å². The van der Waals surface area contributed by atoms with Crippen LogP contribution in [0.15, 0.2) is 60.7 Å². The molecule has 7 heteroatoms. The molecule has 3 unspecified atom stereocenters. The van der Waals surface area contributed by atoms with Crippen molar-refractivity contribution in [1.82, 2.24) is 0 Å². The molecule has 0 aromatic heterocycles. The van der Waals surface area contributed by atoms with Crippen LogP contribution in [0.4, 0.5) is 4.39 Å². The zero-order valence-corrected chi connectivity index (χ0v) is 18.2. The molecule has 5 nitrogen and oxygen atoms in total. The lowest BCUT2D eigenvalue weighted by atomic mass is 9.71. The van der Waals surface area contributed by atoms with Crippen molar-refractivity contribution in [3.05, 3.63) is 88.2 Å². The average Bonchev–Trinajstić information content (AvgIpc) is 3.19. The van der Waals surface area contributed by atoms with Crippen molar-refractivity contribution < 1.29 is 28.5 Å². The maximum Gasteiger partial charge on any atom is 0.200 e. The van der Waals surface area contributed by atoms with Crippen molar-refractivity contribution in [2.75, 3.05) is 14.2 Å². The standard InChI is InChI=1S/C25H20ClFO5/c1-30-18-11-20(31-2)23-21(12-18)32-25(15-6-8-16(26)9-7-15)19(13-22(28)24(23,25)29)14-4-3-5-17(27)10-14/h3-12,19,29H,13H2,1-2H3. The molecule has 1 fully saturated rings. The lowest BCUT2D eigenvalue weighted by Crippen LogP contribution is -2.50. The van der Waals surface area contributed by atoms with Crippen LogP contribution in [0.25, 0.3) is 0 Å². The molecule has 164 valence electrons. The largest absolute Gasteiger partial charge is 0.496 e. The van der Waals surface area contributed by atoms with E-state index in [4.69, 9.17) is 25.8 Å². The summed E-state index contributed by atoms with van der Waals surface area (Å²) in [4.78, 5) is 13.5. The molecule has 1 N–H and O–H groups in total. The number of carbonyl (C=O) groups excluding carboxylic acids is 1. The molecule has 0 radical (unpaired) electrons. The van der Waals surface area contributed by atoms with Gasteiger partial charge in [-0.3, -0.25) is 4.79 Å². The summed E-state index contributed by atoms with van der Waals surface area (Å²) in [6, 6.07) is 16.0. The number of ketones is 1. The molecule has 3 atom stereocenters. The van der Waals surface area contributed by atoms with Crippen LogP contribution in [0.5, 0.6) is 17.2 Å². The van der Waals surface area contributed by atoms with Crippen LogP contribution in [-0.4, -0.2) is 25.1 Å². The molecule has 0 amide bonds. The Labute approximate surface area is 189 Å². The van der Waals surface area contributed by atoms with Gasteiger partial charge in [0.2, 0.25) is 0 Å². The molecule has 0 saturated heterocycles. The molecule has 2 aliphatic rings. The summed E-state index contributed by atoms with van der Waals surface area (Å²) in [5.74, 6) is -0.556. The third-order valence-electron chi connectivity index (χ3n) is 6.47. The van der Waals surface area contributed by atoms with E-state index in [0.717, 1.165) is 0 Å². The number of fused-ring (bicyclic) bond motifs is 3. The lowest BCUT2D eigenvalue weighted by molar-refractivity contribution is -0.151. The fourth-order valence-electron chi connectivity index (χ4n) is 5.10. The minimum absolute atomic E-state index is 0.0444. The number of hydrogen-bond acceptors (Lipinski definition) is 5. The van der Waals surface area contributed by atoms with Crippen molar-refractivity contribution in [2.45, 2.75) is 23.5 Å². The fourth-order valence-corrected chi connectivity index (χ4v) is 5.23. The topological polar surface area (TPSA) is 65.0 Å². The molecular formula is C25H20ClFO5. The summed E-state index contributed by atoms with van der Waals surface area (Å²) in [7, 11) is 2.95. The van der Waals surface area contributed by atoms with E-state index in [1.807, 2.05) is 0 Å². The number of Topliss-reactive ketones (excluding diaryl/α,β-unsaturated/α-hetero) is 1. The van der Waals surface area contributed by atoms with Gasteiger partial charge in [-0.2, -0.15) is 0 Å². The maximum atomic E-state index is 14.2. The summed E-state index contributed by atoms with van der Waals surface area (Å²) in [6.45, 7) is 0. The first-order valence-corrected chi connectivity index (χ1v) is 10.5. The van der Waals surface area contributed by atoms with E-state index in [1.165, 1.54) is 26.4 Å². The zero-order valence-electron chi connectivity index (χ0n) is 17.4. The third kappa shape index (κ3) is 2.63. The Morgan fingerprint density at radius 2 is 1.84 bits per heavy atom. The Balaban J connectivity index is 1.83. The van der Waals surface area contributed by atoms with Crippen molar-refractivity contribution in [3.8, 4) is 17.2 Å². The second-order valence-corrected chi connectivity index (χ2v) is 8.43. The highest BCUT2D eigenvalue weighted by Gasteiger charge is 2.74. The normalized spacial score (nSPS) is 25.8. The second kappa shape index (κ2) is 7.22. The van der Waals surface area contributed by atoms with Crippen molar-refractivity contribution >= 4 is 17.4 Å². The van der Waals surface area contributed by atoms with Crippen LogP contribution < -0.4 is 14.2 Å². The monoisotopic (exact) mass is 454 g/mol. The number of methoxy groups -OCH3 is 2. The highest BCUT2D eigenvalue weighted by molar-refractivity contribution is 6.30. The first-order valence-electron chi connectivity index (χ1n) is 10.1. The molecule has 0 bridgehead atoms. The van der Waals surface area contributed by atoms with Gasteiger partial charge >= 0.3 is 0 Å². The number of halogens is 2. The van der Waals surface area contributed by atoms with Gasteiger partial charge < -0.3 is 19.3 Å². The minimum atomic E-state index is -2.06. The van der Waals surface area contributed by atoms with E-state index in [1.54, 1.807) is 48.5 Å². The van der Waals surface area contributed by atoms with E-state index < -0.39 is 28.7 Å². The number of carbonyl (C=O) groups is 1. The number of benzene rings is 3. The Hall–Kier alpha value is -3.09. The van der Waals surface area contributed by atoms with Gasteiger partial charge in [0.1, 0.15) is 23.1 Å². The van der Waals surface area contributed by atoms with Gasteiger partial charge in [0.15, 0.2) is 17.0 Å². The van der Waals surface area contributed by atoms with E-state index >= 15 is 0 Å². The second-order valence-electron chi connectivity index (χ2n) is 7.99. The minimum Gasteiger partial charge on any atom is -0.496 e. The van der Waals surface area contributed by atoms with E-state index in [0.29, 0.717) is 21.9 Å². The number of aliphatic hydroxyl groups is 1. The summed E-state index contributed by atoms with van der Waals surface area (Å²) < 4.78 is 31.6. The Kier molecular flexibility index (Phi) is 4.69. The molecule has 3 aromatic rings. The van der Waals surface area contributed by atoms with Crippen LogP contribution >= 0.6 is 11.6 Å². The molecule has 1 heterocycles. The summed E-state index contributed by atoms with van der Waals surface area (Å²) in [5, 5.41) is 12.7. The Morgan fingerprint density at radius 3 is 2.50 bits per heavy atom. The molecule has 0 spiro atoms. The first kappa shape index (κ1) is 20.8. The van der Waals surface area contributed by atoms with Gasteiger partial charge in [-0.1, -0.05) is 35.9 Å². The van der Waals surface area contributed by atoms with Crippen LogP contribution in [0.3, 0.4) is 0 Å². The van der Waals surface area contributed by atoms with Crippen molar-refractivity contribution in [2.24, 2.45) is 0 Å². The third-order valence-corrected chi connectivity index (χ3v) is 6.73. The van der Waals surface area contributed by atoms with Crippen molar-refractivity contribution in [1.29, 1.82) is 0 Å². The number of hydrogen-bond donors (Lipinski definition) is 1. The summed E-state index contributed by atoms with van der Waals surface area (Å²) >= 11 is 6.12. The molecule has 32 heavy (non-hydrogen) atoms. The van der Waals surface area contributed by atoms with Gasteiger partial charge in [0.25, 0.3) is 0 Å². The molecule has 3 aromatic carbocycles. The summed E-state index contributed by atoms with van der Waals surface area (Å²) in [6.07, 6.45) is -0.0444. The maximum absolute atomic E-state index is 14.2. The lowest BCUT2D eigenvalue weighted by Gasteiger charge is -2.39. The zero-order chi connectivity index (χ0) is 22.7. The molecule has 5 rings (SSSR count). The van der Waals surface area contributed by atoms with Crippen molar-refractivity contribution in [3.63, 3.8) is 0 Å². The van der Waals surface area contributed by atoms with E-state index in [9.17, 15) is 14.3 Å². The predicted molar refractivity (Wildman–Crippen MR) is 116 cm³/mol. The van der Waals surface area contributed by atoms with Gasteiger partial charge in [-0.15, -0.1) is 0 Å². The first-order chi connectivity index (χ1) is 15.3. The molecule has 1 saturated carbocycles. The Bertz CT molecular complexity index is 1230. The highest BCUT2D eigenvalue weighted by Crippen LogP contribution is 2.67. The Morgan fingerprint density at radius 1 is 1.09 bits per heavy atom. The van der Waals surface area contributed by atoms with Crippen LogP contribution in [-0.2, 0) is 16.0 Å². The van der Waals surface area contributed by atoms with Gasteiger partial charge in [-0.05, 0) is 35.4 Å². The van der Waals surface area contributed by atoms with Gasteiger partial charge in [-0.25, -0.2) is 4.39 Å². The van der Waals surface area contributed by atoms with E-state index in [-0.39, 0.29) is 23.5 Å². The highest BCUT2D eigenvalue weighted by atomic mass is 35.5. The van der Waals surface area contributed by atoms with Gasteiger partial charge in [0.05, 0.1) is 19.8 Å². The SMILES string of the molecule is COc1cc(OC)c2c(c1)OC1(c3ccc(Cl)cc3)C(c3cccc(F)c3)CC(=O)C21O. The van der Waals surface area contributed by atoms with Crippen LogP contribution in [0.2, 0.25) is 5.02 Å². The van der Waals surface area contributed by atoms with Gasteiger partial charge in [0, 0.05) is 29.5 Å². The average molecular weight is 455 g/mol. The smallest absolute Gasteiger partial charge is 0.200 e. The quantitative estimate of drug-likeness (QED) is 0.617. The fraction of sp³-hybridized carbons (Fsp3) is 0.240. The molecule has 1 aliphatic heterocycles.